The Morgan fingerprint density at radius 2 is 1.65 bits per heavy atom. The summed E-state index contributed by atoms with van der Waals surface area (Å²) >= 11 is 12.6. The molecule has 3 fully saturated rings. The standard InChI is InChI=1S/C39H29Cl2F3N4O6/c1-54-30-15-19(7-14-29(30)49)32-24-12-13-25-31(36(52)47(34(25)50)23-5-3-2-4-6-23)26(24)17-27-35(51)48(37(53)38(27,32)20-8-10-22(40)11-9-20)46-33-28(41)16-21(18-45-33)39(42,43)44/h2-12,14-16,18,25-27,31-32,49H,13,17H2,1H3,(H,45,46). The monoisotopic (exact) mass is 776 g/mol. The predicted molar refractivity (Wildman–Crippen MR) is 190 cm³/mol. The van der Waals surface area contributed by atoms with Crippen LogP contribution < -0.4 is 15.1 Å². The number of benzene rings is 3. The minimum absolute atomic E-state index is 0.0417. The number of nitrogens with zero attached hydrogens (tertiary/aromatic N) is 3. The van der Waals surface area contributed by atoms with Crippen LogP contribution in [-0.4, -0.2) is 45.8 Å². The number of aromatic hydroxyl groups is 1. The predicted octanol–water partition coefficient (Wildman–Crippen LogP) is 7.31. The lowest BCUT2D eigenvalue weighted by molar-refractivity contribution is -0.139. The molecule has 2 saturated heterocycles. The van der Waals surface area contributed by atoms with Gasteiger partial charge < -0.3 is 9.84 Å². The van der Waals surface area contributed by atoms with Gasteiger partial charge in [0.2, 0.25) is 11.8 Å². The zero-order chi connectivity index (χ0) is 38.3. The number of anilines is 2. The van der Waals surface area contributed by atoms with Crippen molar-refractivity contribution in [2.24, 2.45) is 23.7 Å². The minimum atomic E-state index is -4.75. The molecule has 6 atom stereocenters. The lowest BCUT2D eigenvalue weighted by Gasteiger charge is -2.50. The van der Waals surface area contributed by atoms with E-state index in [0.29, 0.717) is 39.7 Å². The van der Waals surface area contributed by atoms with Crippen LogP contribution in [0.4, 0.5) is 24.7 Å². The molecule has 8 rings (SSSR count). The lowest BCUT2D eigenvalue weighted by Crippen LogP contribution is -2.53. The summed E-state index contributed by atoms with van der Waals surface area (Å²) < 4.78 is 45.9. The van der Waals surface area contributed by atoms with E-state index in [0.717, 1.165) is 5.01 Å². The average Bonchev–Trinajstić information content (AvgIpc) is 3.53. The van der Waals surface area contributed by atoms with Gasteiger partial charge in [0, 0.05) is 17.1 Å². The number of hydrogen-bond donors (Lipinski definition) is 2. The lowest BCUT2D eigenvalue weighted by atomic mass is 9.49. The molecule has 0 bridgehead atoms. The van der Waals surface area contributed by atoms with Crippen molar-refractivity contribution in [3.05, 3.63) is 123 Å². The first-order chi connectivity index (χ1) is 25.8. The molecule has 4 amide bonds. The highest BCUT2D eigenvalue weighted by Crippen LogP contribution is 2.64. The molecule has 1 saturated carbocycles. The number of ether oxygens (including phenoxy) is 1. The van der Waals surface area contributed by atoms with Crippen LogP contribution in [0.25, 0.3) is 0 Å². The Bertz CT molecular complexity index is 2270. The molecule has 10 nitrogen and oxygen atoms in total. The zero-order valence-electron chi connectivity index (χ0n) is 28.2. The Labute approximate surface area is 316 Å². The largest absolute Gasteiger partial charge is 0.504 e. The molecule has 2 N–H and O–H groups in total. The third-order valence-electron chi connectivity index (χ3n) is 11.1. The first kappa shape index (κ1) is 35.6. The molecule has 1 aromatic heterocycles. The summed E-state index contributed by atoms with van der Waals surface area (Å²) in [6.07, 6.45) is -2.22. The molecule has 2 aliphatic heterocycles. The SMILES string of the molecule is COc1cc(C2C3=CCC4C(=O)N(c5ccccc5)C(=O)C4C3CC3C(=O)N(Nc4ncc(C(F)(F)F)cc4Cl)C(=O)C32c2ccc(Cl)cc2)ccc1O. The summed E-state index contributed by atoms with van der Waals surface area (Å²) in [4.78, 5) is 63.4. The van der Waals surface area contributed by atoms with Crippen LogP contribution in [0.2, 0.25) is 10.0 Å². The molecule has 3 heterocycles. The molecule has 54 heavy (non-hydrogen) atoms. The van der Waals surface area contributed by atoms with Gasteiger partial charge in [-0.1, -0.05) is 71.2 Å². The van der Waals surface area contributed by atoms with Gasteiger partial charge in [0.1, 0.15) is 0 Å². The number of halogens is 5. The van der Waals surface area contributed by atoms with E-state index in [2.05, 4.69) is 10.4 Å². The maximum atomic E-state index is 15.3. The number of rotatable bonds is 6. The molecule has 276 valence electrons. The summed E-state index contributed by atoms with van der Waals surface area (Å²) in [5, 5.41) is 11.2. The maximum Gasteiger partial charge on any atom is 0.417 e. The highest BCUT2D eigenvalue weighted by Gasteiger charge is 2.70. The van der Waals surface area contributed by atoms with Gasteiger partial charge in [0.15, 0.2) is 17.3 Å². The van der Waals surface area contributed by atoms with E-state index < -0.39 is 69.5 Å². The number of nitrogens with one attached hydrogen (secondary N) is 1. The Morgan fingerprint density at radius 1 is 0.926 bits per heavy atom. The molecule has 2 aliphatic carbocycles. The fourth-order valence-electron chi connectivity index (χ4n) is 8.86. The Hall–Kier alpha value is -5.40. The van der Waals surface area contributed by atoms with Crippen molar-refractivity contribution in [2.45, 2.75) is 30.4 Å². The summed E-state index contributed by atoms with van der Waals surface area (Å²) in [6.45, 7) is 0. The van der Waals surface area contributed by atoms with E-state index in [1.54, 1.807) is 66.7 Å². The smallest absolute Gasteiger partial charge is 0.417 e. The quantitative estimate of drug-likeness (QED) is 0.154. The number of carbonyl (C=O) groups excluding carboxylic acids is 4. The second-order valence-corrected chi connectivity index (χ2v) is 14.5. The van der Waals surface area contributed by atoms with Crippen LogP contribution >= 0.6 is 23.2 Å². The number of imide groups is 2. The number of alkyl halides is 3. The molecule has 0 spiro atoms. The molecule has 6 unspecified atom stereocenters. The van der Waals surface area contributed by atoms with E-state index in [1.165, 1.54) is 18.1 Å². The number of fused-ring (bicyclic) bond motifs is 4. The van der Waals surface area contributed by atoms with Crippen molar-refractivity contribution < 1.29 is 42.2 Å². The van der Waals surface area contributed by atoms with Gasteiger partial charge in [0.25, 0.3) is 11.8 Å². The van der Waals surface area contributed by atoms with Crippen molar-refractivity contribution in [3.8, 4) is 11.5 Å². The number of allylic oxidation sites excluding steroid dienone is 2. The molecule has 4 aliphatic rings. The van der Waals surface area contributed by atoms with Gasteiger partial charge in [-0.3, -0.25) is 29.5 Å². The van der Waals surface area contributed by atoms with Gasteiger partial charge in [0.05, 0.1) is 46.6 Å². The number of phenolic OH excluding ortho intramolecular Hbond substituents is 1. The van der Waals surface area contributed by atoms with Crippen LogP contribution in [0.5, 0.6) is 11.5 Å². The van der Waals surface area contributed by atoms with Crippen molar-refractivity contribution in [1.29, 1.82) is 0 Å². The van der Waals surface area contributed by atoms with E-state index in [-0.39, 0.29) is 36.1 Å². The number of carbonyl (C=O) groups is 4. The number of methoxy groups -OCH3 is 1. The Balaban J connectivity index is 1.32. The van der Waals surface area contributed by atoms with E-state index in [9.17, 15) is 32.7 Å². The summed E-state index contributed by atoms with van der Waals surface area (Å²) in [5.41, 5.74) is 1.65. The van der Waals surface area contributed by atoms with E-state index in [4.69, 9.17) is 27.9 Å². The number of hydrogen-bond acceptors (Lipinski definition) is 8. The number of amides is 4. The normalized spacial score (nSPS) is 26.3. The minimum Gasteiger partial charge on any atom is -0.504 e. The summed E-state index contributed by atoms with van der Waals surface area (Å²) in [6, 6.07) is 20.2. The second-order valence-electron chi connectivity index (χ2n) is 13.7. The first-order valence-electron chi connectivity index (χ1n) is 16.9. The summed E-state index contributed by atoms with van der Waals surface area (Å²) in [7, 11) is 1.36. The number of aromatic nitrogens is 1. The number of phenols is 1. The van der Waals surface area contributed by atoms with Crippen molar-refractivity contribution in [2.75, 3.05) is 17.4 Å². The zero-order valence-corrected chi connectivity index (χ0v) is 29.7. The van der Waals surface area contributed by atoms with Gasteiger partial charge in [-0.25, -0.2) is 4.98 Å². The van der Waals surface area contributed by atoms with Crippen molar-refractivity contribution >= 4 is 58.3 Å². The number of hydrazine groups is 1. The topological polar surface area (TPSA) is 129 Å². The second kappa shape index (κ2) is 12.9. The van der Waals surface area contributed by atoms with E-state index >= 15 is 4.79 Å². The Morgan fingerprint density at radius 3 is 2.31 bits per heavy atom. The fourth-order valence-corrected chi connectivity index (χ4v) is 9.20. The van der Waals surface area contributed by atoms with Gasteiger partial charge in [-0.15, -0.1) is 0 Å². The average molecular weight is 778 g/mol. The third-order valence-corrected chi connectivity index (χ3v) is 11.6. The Kier molecular flexibility index (Phi) is 8.49. The van der Waals surface area contributed by atoms with Crippen LogP contribution in [0.15, 0.2) is 96.7 Å². The molecule has 4 aromatic rings. The highest BCUT2D eigenvalue weighted by molar-refractivity contribution is 6.33. The molecule has 15 heteroatoms. The highest BCUT2D eigenvalue weighted by atomic mass is 35.5. The van der Waals surface area contributed by atoms with Crippen molar-refractivity contribution in [1.82, 2.24) is 9.99 Å². The first-order valence-corrected chi connectivity index (χ1v) is 17.7. The number of pyridine rings is 1. The van der Waals surface area contributed by atoms with Crippen molar-refractivity contribution in [3.63, 3.8) is 0 Å². The van der Waals surface area contributed by atoms with Crippen LogP contribution in [0.3, 0.4) is 0 Å². The van der Waals surface area contributed by atoms with E-state index in [1.807, 2.05) is 6.08 Å². The fraction of sp³-hybridized carbons (Fsp3) is 0.256. The molecule has 0 radical (unpaired) electrons. The van der Waals surface area contributed by atoms with Gasteiger partial charge in [-0.2, -0.15) is 18.2 Å². The van der Waals surface area contributed by atoms with Gasteiger partial charge in [-0.05, 0) is 72.4 Å². The van der Waals surface area contributed by atoms with Crippen LogP contribution in [0, 0.1) is 23.7 Å². The molecular formula is C39H29Cl2F3N4O6. The molecular weight excluding hydrogens is 748 g/mol. The van der Waals surface area contributed by atoms with Gasteiger partial charge >= 0.3 is 6.18 Å². The van der Waals surface area contributed by atoms with Crippen LogP contribution in [-0.2, 0) is 30.8 Å². The summed E-state index contributed by atoms with van der Waals surface area (Å²) in [5.74, 6) is -7.27. The third kappa shape index (κ3) is 5.27. The maximum absolute atomic E-state index is 15.3. The number of para-hydroxylation sites is 1. The molecule has 3 aromatic carbocycles. The van der Waals surface area contributed by atoms with Crippen LogP contribution in [0.1, 0.15) is 35.4 Å².